The highest BCUT2D eigenvalue weighted by atomic mass is 79.9. The van der Waals surface area contributed by atoms with Crippen LogP contribution >= 0.6 is 15.9 Å². The first-order valence-electron chi connectivity index (χ1n) is 7.93. The van der Waals surface area contributed by atoms with Gasteiger partial charge in [-0.25, -0.2) is 0 Å². The van der Waals surface area contributed by atoms with Crippen molar-refractivity contribution in [3.8, 4) is 17.7 Å². The molecule has 1 aromatic carbocycles. The van der Waals surface area contributed by atoms with E-state index in [1.54, 1.807) is 6.92 Å². The minimum atomic E-state index is -1.70. The monoisotopic (exact) mass is 483 g/mol. The van der Waals surface area contributed by atoms with Crippen molar-refractivity contribution in [2.24, 2.45) is 0 Å². The number of nitro groups is 1. The fourth-order valence-electron chi connectivity index (χ4n) is 2.07. The van der Waals surface area contributed by atoms with Gasteiger partial charge in [0.1, 0.15) is 18.6 Å². The summed E-state index contributed by atoms with van der Waals surface area (Å²) in [6.07, 6.45) is 1.28. The molecule has 2 aromatic rings. The first-order chi connectivity index (χ1) is 13.7. The van der Waals surface area contributed by atoms with Crippen LogP contribution in [0.5, 0.6) is 11.6 Å². The second kappa shape index (κ2) is 10.0. The minimum absolute atomic E-state index is 0.0851. The third kappa shape index (κ3) is 6.01. The smallest absolute Gasteiger partial charge is 0.373 e. The molecule has 1 aromatic heterocycles. The second-order valence-electron chi connectivity index (χ2n) is 5.27. The average Bonchev–Trinajstić information content (AvgIpc) is 2.65. The molecule has 0 bridgehead atoms. The van der Waals surface area contributed by atoms with E-state index in [1.807, 2.05) is 6.07 Å². The molecule has 0 saturated carbocycles. The summed E-state index contributed by atoms with van der Waals surface area (Å²) < 4.78 is 22.7. The van der Waals surface area contributed by atoms with Crippen LogP contribution in [0.1, 0.15) is 12.5 Å². The number of hydrogen-bond donors (Lipinski definition) is 1. The highest BCUT2D eigenvalue weighted by Crippen LogP contribution is 2.36. The van der Waals surface area contributed by atoms with Crippen LogP contribution in [0.2, 0.25) is 0 Å². The summed E-state index contributed by atoms with van der Waals surface area (Å²) in [4.78, 5) is 30.1. The van der Waals surface area contributed by atoms with Crippen molar-refractivity contribution in [2.75, 3.05) is 24.7 Å². The van der Waals surface area contributed by atoms with Gasteiger partial charge < -0.3 is 19.3 Å². The molecule has 0 saturated heterocycles. The standard InChI is InChI=1S/C16H14BrN5O6S/c1-3-27-12(23)8-19-14-13(22(24)25)15(21-16(20-14)29(2)26)28-11-5-9(7-18)4-10(17)6-11/h4-6H,3,8H2,1-2H3,(H,19,20,21). The number of nitrogens with zero attached hydrogens (tertiary/aromatic N) is 4. The average molecular weight is 484 g/mol. The molecule has 1 N–H and O–H groups in total. The maximum Gasteiger partial charge on any atom is 0.373 e. The van der Waals surface area contributed by atoms with E-state index >= 15 is 0 Å². The normalized spacial score (nSPS) is 11.3. The number of nitriles is 1. The van der Waals surface area contributed by atoms with Crippen LogP contribution in [0.3, 0.4) is 0 Å². The number of halogens is 1. The Morgan fingerprint density at radius 3 is 2.72 bits per heavy atom. The van der Waals surface area contributed by atoms with Crippen molar-refractivity contribution in [1.29, 1.82) is 5.26 Å². The zero-order valence-corrected chi connectivity index (χ0v) is 17.6. The number of rotatable bonds is 8. The van der Waals surface area contributed by atoms with Crippen LogP contribution in [0.15, 0.2) is 27.8 Å². The van der Waals surface area contributed by atoms with Gasteiger partial charge in [0.25, 0.3) is 0 Å². The lowest BCUT2D eigenvalue weighted by Gasteiger charge is -2.12. The molecule has 29 heavy (non-hydrogen) atoms. The number of benzene rings is 1. The van der Waals surface area contributed by atoms with Crippen molar-refractivity contribution < 1.29 is 23.7 Å². The zero-order valence-electron chi connectivity index (χ0n) is 15.2. The summed E-state index contributed by atoms with van der Waals surface area (Å²) in [5, 5.41) is 22.9. The summed E-state index contributed by atoms with van der Waals surface area (Å²) in [6.45, 7) is 1.34. The van der Waals surface area contributed by atoms with Crippen LogP contribution in [-0.4, -0.2) is 44.8 Å². The number of nitrogens with one attached hydrogen (secondary N) is 1. The number of esters is 1. The van der Waals surface area contributed by atoms with E-state index < -0.39 is 40.2 Å². The lowest BCUT2D eigenvalue weighted by molar-refractivity contribution is -0.385. The third-order valence-corrected chi connectivity index (χ3v) is 4.35. The van der Waals surface area contributed by atoms with Crippen molar-refractivity contribution in [3.63, 3.8) is 0 Å². The Morgan fingerprint density at radius 1 is 1.41 bits per heavy atom. The van der Waals surface area contributed by atoms with Gasteiger partial charge in [-0.2, -0.15) is 10.2 Å². The number of aromatic nitrogens is 2. The van der Waals surface area contributed by atoms with Crippen LogP contribution in [-0.2, 0) is 20.7 Å². The van der Waals surface area contributed by atoms with E-state index in [0.29, 0.717) is 4.47 Å². The predicted octanol–water partition coefficient (Wildman–Crippen LogP) is 2.52. The molecule has 0 aliphatic rings. The molecule has 2 rings (SSSR count). The van der Waals surface area contributed by atoms with Gasteiger partial charge in [-0.1, -0.05) is 15.9 Å². The van der Waals surface area contributed by atoms with Gasteiger partial charge >= 0.3 is 22.7 Å². The Balaban J connectivity index is 2.52. The van der Waals surface area contributed by atoms with Crippen molar-refractivity contribution in [1.82, 2.24) is 9.97 Å². The van der Waals surface area contributed by atoms with E-state index in [9.17, 15) is 19.5 Å². The Hall–Kier alpha value is -2.95. The molecule has 152 valence electrons. The van der Waals surface area contributed by atoms with E-state index in [0.717, 1.165) is 0 Å². The molecule has 11 nitrogen and oxygen atoms in total. The van der Waals surface area contributed by atoms with Gasteiger partial charge in [0.15, 0.2) is 0 Å². The van der Waals surface area contributed by atoms with E-state index in [2.05, 4.69) is 31.2 Å². The number of ether oxygens (including phenoxy) is 2. The highest BCUT2D eigenvalue weighted by molar-refractivity contribution is 9.10. The molecular weight excluding hydrogens is 470 g/mol. The van der Waals surface area contributed by atoms with E-state index in [4.69, 9.17) is 14.7 Å². The second-order valence-corrected chi connectivity index (χ2v) is 7.46. The molecule has 0 fully saturated rings. The Morgan fingerprint density at radius 2 is 2.14 bits per heavy atom. The first-order valence-corrected chi connectivity index (χ1v) is 10.3. The van der Waals surface area contributed by atoms with E-state index in [1.165, 1.54) is 24.5 Å². The number of anilines is 1. The van der Waals surface area contributed by atoms with Gasteiger partial charge in [0, 0.05) is 15.6 Å². The zero-order chi connectivity index (χ0) is 21.6. The molecule has 1 unspecified atom stereocenters. The summed E-state index contributed by atoms with van der Waals surface area (Å²) in [7, 11) is 0. The quantitative estimate of drug-likeness (QED) is 0.194. The molecule has 0 aliphatic carbocycles. The van der Waals surface area contributed by atoms with Gasteiger partial charge in [0.05, 0.1) is 23.2 Å². The topological polar surface area (TPSA) is 163 Å². The Labute approximate surface area is 176 Å². The van der Waals surface area contributed by atoms with E-state index in [-0.39, 0.29) is 28.9 Å². The minimum Gasteiger partial charge on any atom is -0.609 e. The van der Waals surface area contributed by atoms with Gasteiger partial charge in [-0.05, 0) is 25.1 Å². The van der Waals surface area contributed by atoms with Crippen molar-refractivity contribution >= 4 is 44.6 Å². The van der Waals surface area contributed by atoms with Gasteiger partial charge in [0.2, 0.25) is 5.82 Å². The first kappa shape index (κ1) is 22.3. The highest BCUT2D eigenvalue weighted by Gasteiger charge is 2.30. The van der Waals surface area contributed by atoms with Crippen molar-refractivity contribution in [3.05, 3.63) is 38.3 Å². The Bertz CT molecular complexity index is 981. The molecular formula is C16H14BrN5O6S. The summed E-state index contributed by atoms with van der Waals surface area (Å²) in [5.74, 6) is -1.42. The molecule has 0 aliphatic heterocycles. The van der Waals surface area contributed by atoms with Crippen molar-refractivity contribution in [2.45, 2.75) is 12.1 Å². The molecule has 13 heteroatoms. The molecule has 0 spiro atoms. The lowest BCUT2D eigenvalue weighted by atomic mass is 10.2. The largest absolute Gasteiger partial charge is 0.609 e. The predicted molar refractivity (Wildman–Crippen MR) is 105 cm³/mol. The maximum atomic E-state index is 11.9. The maximum absolute atomic E-state index is 11.9. The summed E-state index contributed by atoms with van der Waals surface area (Å²) in [5.41, 5.74) is -0.423. The number of carbonyl (C=O) groups excluding carboxylic acids is 1. The lowest BCUT2D eigenvalue weighted by Crippen LogP contribution is -2.19. The van der Waals surface area contributed by atoms with Gasteiger partial charge in [-0.3, -0.25) is 14.9 Å². The van der Waals surface area contributed by atoms with Crippen LogP contribution < -0.4 is 10.1 Å². The molecule has 0 radical (unpaired) electrons. The SMILES string of the molecule is CCOC(=O)CNc1nc([S+](C)[O-])nc(Oc2cc(Br)cc(C#N)c2)c1[N+](=O)[O-]. The number of carbonyl (C=O) groups is 1. The van der Waals surface area contributed by atoms with Gasteiger partial charge in [-0.15, -0.1) is 4.98 Å². The Kier molecular flexibility index (Phi) is 7.71. The molecule has 1 heterocycles. The summed E-state index contributed by atoms with van der Waals surface area (Å²) >= 11 is 1.51. The van der Waals surface area contributed by atoms with Crippen LogP contribution in [0.4, 0.5) is 11.5 Å². The fourth-order valence-corrected chi connectivity index (χ4v) is 2.97. The third-order valence-electron chi connectivity index (χ3n) is 3.19. The fraction of sp³-hybridized carbons (Fsp3) is 0.250. The summed E-state index contributed by atoms with van der Waals surface area (Å²) in [6, 6.07) is 6.28. The molecule has 1 atom stereocenters. The number of hydrogen-bond acceptors (Lipinski definition) is 10. The van der Waals surface area contributed by atoms with Crippen LogP contribution in [0.25, 0.3) is 0 Å². The molecule has 0 amide bonds. The van der Waals surface area contributed by atoms with Crippen LogP contribution in [0, 0.1) is 21.4 Å².